The first-order chi connectivity index (χ1) is 12.2. The van der Waals surface area contributed by atoms with Crippen molar-refractivity contribution in [2.45, 2.75) is 33.7 Å². The van der Waals surface area contributed by atoms with Gasteiger partial charge in [-0.1, -0.05) is 25.4 Å². The molecule has 0 aromatic heterocycles. The molecule has 9 heteroatoms. The molecule has 0 saturated heterocycles. The zero-order valence-corrected chi connectivity index (χ0v) is 17.6. The lowest BCUT2D eigenvalue weighted by Crippen LogP contribution is -2.46. The Kier molecular flexibility index (Phi) is 11.0. The van der Waals surface area contributed by atoms with Crippen LogP contribution in [0.4, 0.5) is 5.69 Å². The van der Waals surface area contributed by atoms with Crippen LogP contribution in [0.2, 0.25) is 5.02 Å². The number of nitrogens with one attached hydrogen (secondary N) is 2. The maximum atomic E-state index is 12.4. The Labute approximate surface area is 171 Å². The Morgan fingerprint density at radius 2 is 1.78 bits per heavy atom. The van der Waals surface area contributed by atoms with E-state index >= 15 is 0 Å². The van der Waals surface area contributed by atoms with Crippen LogP contribution in [0.15, 0.2) is 18.2 Å². The topological polar surface area (TPSA) is 105 Å². The summed E-state index contributed by atoms with van der Waals surface area (Å²) in [6.07, 6.45) is 0. The fourth-order valence-corrected chi connectivity index (χ4v) is 2.50. The molecule has 1 aromatic carbocycles. The zero-order chi connectivity index (χ0) is 19.9. The minimum absolute atomic E-state index is 0. The van der Waals surface area contributed by atoms with E-state index in [9.17, 15) is 14.4 Å². The average molecular weight is 419 g/mol. The van der Waals surface area contributed by atoms with Gasteiger partial charge in [0.15, 0.2) is 0 Å². The number of halogens is 2. The standard InChI is InChI=1S/C18H27ClN4O3.ClH/c1-5-23(6-2)18(26)13-8-7-12(9-14(13)19)22-15(24)10-21-17(25)16(20)11(3)4;/h7-9,11,16H,5-6,10,20H2,1-4H3,(H,21,25)(H,22,24);1H/t16-;/m0./s1. The van der Waals surface area contributed by atoms with Gasteiger partial charge in [0, 0.05) is 18.8 Å². The third-order valence-corrected chi connectivity index (χ3v) is 4.29. The van der Waals surface area contributed by atoms with Crippen molar-refractivity contribution in [3.63, 3.8) is 0 Å². The molecule has 0 aliphatic heterocycles. The smallest absolute Gasteiger partial charge is 0.255 e. The maximum Gasteiger partial charge on any atom is 0.255 e. The van der Waals surface area contributed by atoms with Gasteiger partial charge >= 0.3 is 0 Å². The number of anilines is 1. The highest BCUT2D eigenvalue weighted by atomic mass is 35.5. The molecule has 0 bridgehead atoms. The van der Waals surface area contributed by atoms with Gasteiger partial charge in [-0.3, -0.25) is 14.4 Å². The van der Waals surface area contributed by atoms with Gasteiger partial charge in [0.05, 0.1) is 23.2 Å². The third-order valence-electron chi connectivity index (χ3n) is 3.98. The number of carbonyl (C=O) groups excluding carboxylic acids is 3. The molecule has 1 rings (SSSR count). The predicted molar refractivity (Wildman–Crippen MR) is 110 cm³/mol. The first-order valence-electron chi connectivity index (χ1n) is 8.63. The summed E-state index contributed by atoms with van der Waals surface area (Å²) in [4.78, 5) is 37.7. The highest BCUT2D eigenvalue weighted by Crippen LogP contribution is 2.22. The summed E-state index contributed by atoms with van der Waals surface area (Å²) in [6, 6.07) is 4.02. The second-order valence-corrected chi connectivity index (χ2v) is 6.62. The summed E-state index contributed by atoms with van der Waals surface area (Å²) >= 11 is 6.18. The molecule has 0 aliphatic rings. The number of nitrogens with zero attached hydrogens (tertiary/aromatic N) is 1. The normalized spacial score (nSPS) is 11.4. The molecule has 0 fully saturated rings. The quantitative estimate of drug-likeness (QED) is 0.601. The van der Waals surface area contributed by atoms with Gasteiger partial charge in [-0.25, -0.2) is 0 Å². The van der Waals surface area contributed by atoms with Crippen LogP contribution in [0.1, 0.15) is 38.1 Å². The van der Waals surface area contributed by atoms with Gasteiger partial charge in [0.1, 0.15) is 0 Å². The van der Waals surface area contributed by atoms with Crippen molar-refractivity contribution in [2.75, 3.05) is 25.0 Å². The van der Waals surface area contributed by atoms with Crippen molar-refractivity contribution >= 4 is 47.4 Å². The first-order valence-corrected chi connectivity index (χ1v) is 9.00. The Morgan fingerprint density at radius 3 is 2.26 bits per heavy atom. The van der Waals surface area contributed by atoms with E-state index in [0.717, 1.165) is 0 Å². The Hall–Kier alpha value is -1.83. The molecule has 152 valence electrons. The van der Waals surface area contributed by atoms with Crippen molar-refractivity contribution < 1.29 is 14.4 Å². The molecule has 0 radical (unpaired) electrons. The van der Waals surface area contributed by atoms with Gasteiger partial charge < -0.3 is 21.3 Å². The second kappa shape index (κ2) is 11.8. The van der Waals surface area contributed by atoms with Crippen molar-refractivity contribution in [1.82, 2.24) is 10.2 Å². The van der Waals surface area contributed by atoms with E-state index in [1.807, 2.05) is 27.7 Å². The van der Waals surface area contributed by atoms with Crippen LogP contribution < -0.4 is 16.4 Å². The number of carbonyl (C=O) groups is 3. The monoisotopic (exact) mass is 418 g/mol. The molecule has 0 unspecified atom stereocenters. The number of rotatable bonds is 8. The average Bonchev–Trinajstić information content (AvgIpc) is 2.59. The molecule has 0 spiro atoms. The predicted octanol–water partition coefficient (Wildman–Crippen LogP) is 2.28. The summed E-state index contributed by atoms with van der Waals surface area (Å²) in [5, 5.41) is 5.37. The van der Waals surface area contributed by atoms with E-state index in [-0.39, 0.29) is 41.7 Å². The Bertz CT molecular complexity index is 664. The van der Waals surface area contributed by atoms with Gasteiger partial charge in [-0.05, 0) is 38.0 Å². The summed E-state index contributed by atoms with van der Waals surface area (Å²) in [5.41, 5.74) is 6.54. The summed E-state index contributed by atoms with van der Waals surface area (Å²) in [6.45, 7) is 8.41. The van der Waals surface area contributed by atoms with Gasteiger partial charge in [0.25, 0.3) is 5.91 Å². The highest BCUT2D eigenvalue weighted by molar-refractivity contribution is 6.34. The molecule has 3 amide bonds. The zero-order valence-electron chi connectivity index (χ0n) is 16.0. The maximum absolute atomic E-state index is 12.4. The molecule has 4 N–H and O–H groups in total. The number of hydrogen-bond donors (Lipinski definition) is 3. The summed E-state index contributed by atoms with van der Waals surface area (Å²) in [5.74, 6) is -0.970. The molecule has 0 aliphatic carbocycles. The number of benzene rings is 1. The van der Waals surface area contributed by atoms with E-state index < -0.39 is 11.9 Å². The SMILES string of the molecule is CCN(CC)C(=O)c1ccc(NC(=O)CNC(=O)[C@@H](N)C(C)C)cc1Cl.Cl. The van der Waals surface area contributed by atoms with E-state index in [1.165, 1.54) is 6.07 Å². The van der Waals surface area contributed by atoms with Crippen LogP contribution in [0, 0.1) is 5.92 Å². The second-order valence-electron chi connectivity index (χ2n) is 6.21. The molecule has 1 aromatic rings. The van der Waals surface area contributed by atoms with Gasteiger partial charge in [-0.15, -0.1) is 12.4 Å². The molecular weight excluding hydrogens is 391 g/mol. The van der Waals surface area contributed by atoms with E-state index in [4.69, 9.17) is 17.3 Å². The van der Waals surface area contributed by atoms with Crippen molar-refractivity contribution in [3.05, 3.63) is 28.8 Å². The summed E-state index contributed by atoms with van der Waals surface area (Å²) < 4.78 is 0. The number of amides is 3. The summed E-state index contributed by atoms with van der Waals surface area (Å²) in [7, 11) is 0. The molecule has 0 saturated carbocycles. The lowest BCUT2D eigenvalue weighted by molar-refractivity contribution is -0.125. The number of hydrogen-bond acceptors (Lipinski definition) is 4. The Morgan fingerprint density at radius 1 is 1.19 bits per heavy atom. The molecular formula is C18H28Cl2N4O3. The molecule has 1 atom stereocenters. The van der Waals surface area contributed by atoms with Crippen LogP contribution in [-0.4, -0.2) is 48.3 Å². The highest BCUT2D eigenvalue weighted by Gasteiger charge is 2.18. The van der Waals surface area contributed by atoms with Crippen LogP contribution in [0.25, 0.3) is 0 Å². The van der Waals surface area contributed by atoms with Gasteiger partial charge in [0.2, 0.25) is 11.8 Å². The minimum atomic E-state index is -0.664. The largest absolute Gasteiger partial charge is 0.346 e. The van der Waals surface area contributed by atoms with Crippen molar-refractivity contribution in [2.24, 2.45) is 11.7 Å². The van der Waals surface area contributed by atoms with Crippen LogP contribution >= 0.6 is 24.0 Å². The third kappa shape index (κ3) is 7.36. The fourth-order valence-electron chi connectivity index (χ4n) is 2.24. The van der Waals surface area contributed by atoms with Crippen molar-refractivity contribution in [3.8, 4) is 0 Å². The van der Waals surface area contributed by atoms with Crippen LogP contribution in [-0.2, 0) is 9.59 Å². The van der Waals surface area contributed by atoms with Crippen LogP contribution in [0.3, 0.4) is 0 Å². The molecule has 7 nitrogen and oxygen atoms in total. The lowest BCUT2D eigenvalue weighted by atomic mass is 10.1. The molecule has 0 heterocycles. The number of nitrogens with two attached hydrogens (primary N) is 1. The Balaban J connectivity index is 0.00000676. The van der Waals surface area contributed by atoms with Crippen LogP contribution in [0.5, 0.6) is 0 Å². The minimum Gasteiger partial charge on any atom is -0.346 e. The van der Waals surface area contributed by atoms with E-state index in [2.05, 4.69) is 10.6 Å². The van der Waals surface area contributed by atoms with Gasteiger partial charge in [-0.2, -0.15) is 0 Å². The molecule has 27 heavy (non-hydrogen) atoms. The van der Waals surface area contributed by atoms with Crippen molar-refractivity contribution in [1.29, 1.82) is 0 Å². The van der Waals surface area contributed by atoms with E-state index in [1.54, 1.807) is 17.0 Å². The lowest BCUT2D eigenvalue weighted by Gasteiger charge is -2.19. The van der Waals surface area contributed by atoms with E-state index in [0.29, 0.717) is 24.3 Å². The first kappa shape index (κ1) is 25.2. The fraction of sp³-hybridized carbons (Fsp3) is 0.500.